The Morgan fingerprint density at radius 1 is 0.833 bits per heavy atom. The van der Waals surface area contributed by atoms with Gasteiger partial charge in [-0.1, -0.05) is 78.9 Å². The molecule has 1 aliphatic rings. The van der Waals surface area contributed by atoms with Gasteiger partial charge in [0.15, 0.2) is 0 Å². The first kappa shape index (κ1) is 20.8. The van der Waals surface area contributed by atoms with E-state index in [0.717, 1.165) is 19.4 Å². The number of sulfonamides is 1. The van der Waals surface area contributed by atoms with Crippen molar-refractivity contribution in [1.82, 2.24) is 9.62 Å². The third kappa shape index (κ3) is 4.64. The molecule has 1 N–H and O–H groups in total. The van der Waals surface area contributed by atoms with Crippen LogP contribution in [0, 0.1) is 0 Å². The number of likely N-dealkylation sites (tertiary alicyclic amines) is 1. The predicted molar refractivity (Wildman–Crippen MR) is 121 cm³/mol. The van der Waals surface area contributed by atoms with E-state index < -0.39 is 10.0 Å². The van der Waals surface area contributed by atoms with Crippen LogP contribution in [0.4, 0.5) is 0 Å². The number of rotatable bonds is 6. The zero-order valence-corrected chi connectivity index (χ0v) is 18.0. The molecule has 1 heterocycles. The van der Waals surface area contributed by atoms with Crippen LogP contribution >= 0.6 is 0 Å². The summed E-state index contributed by atoms with van der Waals surface area (Å²) in [6.45, 7) is 0.850. The molecule has 0 spiro atoms. The Balaban J connectivity index is 1.61. The van der Waals surface area contributed by atoms with Crippen molar-refractivity contribution in [2.24, 2.45) is 0 Å². The van der Waals surface area contributed by atoms with Crippen molar-refractivity contribution in [3.8, 4) is 0 Å². The molecule has 4 rings (SSSR count). The topological polar surface area (TPSA) is 49.4 Å². The highest BCUT2D eigenvalue weighted by atomic mass is 32.2. The highest BCUT2D eigenvalue weighted by Gasteiger charge is 2.35. The number of piperidine rings is 1. The molecule has 0 aromatic heterocycles. The van der Waals surface area contributed by atoms with Crippen LogP contribution in [-0.4, -0.2) is 39.0 Å². The smallest absolute Gasteiger partial charge is 0.240 e. The molecule has 156 valence electrons. The summed E-state index contributed by atoms with van der Waals surface area (Å²) in [5.41, 5.74) is 2.51. The minimum absolute atomic E-state index is 0.0914. The van der Waals surface area contributed by atoms with Crippen molar-refractivity contribution in [1.29, 1.82) is 0 Å². The van der Waals surface area contributed by atoms with Crippen molar-refractivity contribution >= 4 is 10.0 Å². The Morgan fingerprint density at radius 2 is 1.33 bits per heavy atom. The number of likely N-dealkylation sites (N-methyl/N-ethyl adjacent to an activating group) is 1. The van der Waals surface area contributed by atoms with Crippen molar-refractivity contribution in [3.63, 3.8) is 0 Å². The van der Waals surface area contributed by atoms with Crippen molar-refractivity contribution in [2.75, 3.05) is 13.6 Å². The molecule has 3 aromatic rings. The molecule has 0 bridgehead atoms. The second-order valence-electron chi connectivity index (χ2n) is 8.00. The molecule has 1 fully saturated rings. The van der Waals surface area contributed by atoms with E-state index >= 15 is 0 Å². The van der Waals surface area contributed by atoms with Gasteiger partial charge in [0.2, 0.25) is 10.0 Å². The van der Waals surface area contributed by atoms with Gasteiger partial charge in [0, 0.05) is 18.0 Å². The molecule has 0 amide bonds. The summed E-state index contributed by atoms with van der Waals surface area (Å²) in [6, 6.07) is 29.8. The standard InChI is InChI=1S/C25H28N2O2S/c1-27-18-17-22(26-30(28,29)23-15-9-4-10-16-23)19-24(27)25(20-11-5-2-6-12-20)21-13-7-3-8-14-21/h2-16,22,24-26H,17-19H2,1H3. The first-order chi connectivity index (χ1) is 14.5. The fraction of sp³-hybridized carbons (Fsp3) is 0.280. The number of nitrogens with one attached hydrogen (secondary N) is 1. The van der Waals surface area contributed by atoms with Crippen molar-refractivity contribution in [2.45, 2.75) is 35.7 Å². The lowest BCUT2D eigenvalue weighted by Crippen LogP contribution is -2.50. The van der Waals surface area contributed by atoms with Crippen LogP contribution < -0.4 is 4.72 Å². The molecule has 1 aliphatic heterocycles. The summed E-state index contributed by atoms with van der Waals surface area (Å²) >= 11 is 0. The first-order valence-electron chi connectivity index (χ1n) is 10.4. The molecule has 2 unspecified atom stereocenters. The second kappa shape index (κ2) is 9.13. The third-order valence-corrected chi connectivity index (χ3v) is 7.54. The van der Waals surface area contributed by atoms with Gasteiger partial charge in [0.25, 0.3) is 0 Å². The van der Waals surface area contributed by atoms with Crippen LogP contribution in [0.3, 0.4) is 0 Å². The lowest BCUT2D eigenvalue weighted by molar-refractivity contribution is 0.150. The van der Waals surface area contributed by atoms with Gasteiger partial charge >= 0.3 is 0 Å². The van der Waals surface area contributed by atoms with Gasteiger partial charge in [-0.15, -0.1) is 0 Å². The quantitative estimate of drug-likeness (QED) is 0.648. The van der Waals surface area contributed by atoms with Gasteiger partial charge in [0.1, 0.15) is 0 Å². The van der Waals surface area contributed by atoms with Crippen LogP contribution in [0.15, 0.2) is 95.9 Å². The minimum Gasteiger partial charge on any atom is -0.302 e. The molecule has 30 heavy (non-hydrogen) atoms. The van der Waals surface area contributed by atoms with Gasteiger partial charge in [-0.3, -0.25) is 0 Å². The predicted octanol–water partition coefficient (Wildman–Crippen LogP) is 4.26. The SMILES string of the molecule is CN1CCC(NS(=O)(=O)c2ccccc2)CC1C(c1ccccc1)c1ccccc1. The van der Waals surface area contributed by atoms with Gasteiger partial charge in [0.05, 0.1) is 4.90 Å². The number of hydrogen-bond donors (Lipinski definition) is 1. The molecule has 0 radical (unpaired) electrons. The molecular weight excluding hydrogens is 392 g/mol. The van der Waals surface area contributed by atoms with Crippen LogP contribution in [0.5, 0.6) is 0 Å². The molecular formula is C25H28N2O2S. The highest BCUT2D eigenvalue weighted by molar-refractivity contribution is 7.89. The zero-order valence-electron chi connectivity index (χ0n) is 17.2. The Hall–Kier alpha value is -2.47. The average molecular weight is 421 g/mol. The Labute approximate surface area is 179 Å². The number of benzene rings is 3. The molecule has 3 aromatic carbocycles. The van der Waals surface area contributed by atoms with Crippen LogP contribution in [0.1, 0.15) is 29.9 Å². The van der Waals surface area contributed by atoms with Crippen LogP contribution in [0.2, 0.25) is 0 Å². The van der Waals surface area contributed by atoms with E-state index in [2.05, 4.69) is 65.2 Å². The summed E-state index contributed by atoms with van der Waals surface area (Å²) < 4.78 is 28.7. The van der Waals surface area contributed by atoms with E-state index in [1.165, 1.54) is 11.1 Å². The van der Waals surface area contributed by atoms with E-state index in [1.54, 1.807) is 24.3 Å². The van der Waals surface area contributed by atoms with Crippen molar-refractivity contribution in [3.05, 3.63) is 102 Å². The van der Waals surface area contributed by atoms with Crippen molar-refractivity contribution < 1.29 is 8.42 Å². The van der Waals surface area contributed by atoms with E-state index in [4.69, 9.17) is 0 Å². The average Bonchev–Trinajstić information content (AvgIpc) is 2.78. The Morgan fingerprint density at radius 3 is 1.87 bits per heavy atom. The zero-order chi connectivity index (χ0) is 21.0. The van der Waals surface area contributed by atoms with E-state index in [0.29, 0.717) is 4.90 Å². The number of nitrogens with zero attached hydrogens (tertiary/aromatic N) is 1. The molecule has 1 saturated heterocycles. The molecule has 5 heteroatoms. The minimum atomic E-state index is -3.52. The van der Waals surface area contributed by atoms with E-state index in [-0.39, 0.29) is 18.0 Å². The lowest BCUT2D eigenvalue weighted by Gasteiger charge is -2.42. The molecule has 4 nitrogen and oxygen atoms in total. The summed E-state index contributed by atoms with van der Waals surface area (Å²) in [6.07, 6.45) is 1.56. The van der Waals surface area contributed by atoms with Gasteiger partial charge in [-0.2, -0.15) is 0 Å². The fourth-order valence-corrected chi connectivity index (χ4v) is 5.76. The number of hydrogen-bond acceptors (Lipinski definition) is 3. The van der Waals surface area contributed by atoms with E-state index in [1.807, 2.05) is 18.2 Å². The maximum Gasteiger partial charge on any atom is 0.240 e. The lowest BCUT2D eigenvalue weighted by atomic mass is 9.79. The first-order valence-corrected chi connectivity index (χ1v) is 11.9. The molecule has 2 atom stereocenters. The molecule has 0 aliphatic carbocycles. The fourth-order valence-electron chi connectivity index (χ4n) is 4.46. The normalized spacial score (nSPS) is 20.3. The highest BCUT2D eigenvalue weighted by Crippen LogP contribution is 2.35. The van der Waals surface area contributed by atoms with Gasteiger partial charge in [-0.05, 0) is 49.7 Å². The van der Waals surface area contributed by atoms with Crippen LogP contribution in [0.25, 0.3) is 0 Å². The summed E-state index contributed by atoms with van der Waals surface area (Å²) in [5, 5.41) is 0. The van der Waals surface area contributed by atoms with Crippen LogP contribution in [-0.2, 0) is 10.0 Å². The summed E-state index contributed by atoms with van der Waals surface area (Å²) in [5.74, 6) is 0.182. The monoisotopic (exact) mass is 420 g/mol. The maximum absolute atomic E-state index is 12.9. The molecule has 0 saturated carbocycles. The van der Waals surface area contributed by atoms with Gasteiger partial charge < -0.3 is 4.90 Å². The maximum atomic E-state index is 12.9. The Bertz CT molecular complexity index is 1000. The largest absolute Gasteiger partial charge is 0.302 e. The third-order valence-electron chi connectivity index (χ3n) is 6.00. The Kier molecular flexibility index (Phi) is 6.32. The summed E-state index contributed by atoms with van der Waals surface area (Å²) in [7, 11) is -1.38. The second-order valence-corrected chi connectivity index (χ2v) is 9.72. The summed E-state index contributed by atoms with van der Waals surface area (Å²) in [4.78, 5) is 2.70. The van der Waals surface area contributed by atoms with Gasteiger partial charge in [-0.25, -0.2) is 13.1 Å². The van der Waals surface area contributed by atoms with E-state index in [9.17, 15) is 8.42 Å².